The summed E-state index contributed by atoms with van der Waals surface area (Å²) in [7, 11) is 0. The molecular weight excluding hydrogens is 262 g/mol. The van der Waals surface area contributed by atoms with E-state index in [0.717, 1.165) is 18.6 Å². The van der Waals surface area contributed by atoms with Crippen LogP contribution in [0.5, 0.6) is 5.75 Å². The Labute approximate surface area is 128 Å². The van der Waals surface area contributed by atoms with Gasteiger partial charge in [0.05, 0.1) is 0 Å². The molecule has 1 aliphatic rings. The van der Waals surface area contributed by atoms with Crippen LogP contribution in [0.2, 0.25) is 0 Å². The number of fused-ring (bicyclic) bond motifs is 1. The Bertz CT molecular complexity index is 482. The van der Waals surface area contributed by atoms with E-state index in [4.69, 9.17) is 4.74 Å². The maximum absolute atomic E-state index is 12.0. The molecule has 1 amide bonds. The highest BCUT2D eigenvalue weighted by atomic mass is 16.5. The molecule has 0 spiro atoms. The van der Waals surface area contributed by atoms with Gasteiger partial charge in [-0.05, 0) is 68.2 Å². The number of ether oxygens (including phenoxy) is 1. The molecule has 1 atom stereocenters. The van der Waals surface area contributed by atoms with E-state index in [0.29, 0.717) is 12.5 Å². The van der Waals surface area contributed by atoms with Crippen LogP contribution >= 0.6 is 0 Å². The number of hydrogen-bond acceptors (Lipinski definition) is 2. The largest absolute Gasteiger partial charge is 0.481 e. The Morgan fingerprint density at radius 1 is 1.19 bits per heavy atom. The zero-order chi connectivity index (χ0) is 15.2. The second kappa shape index (κ2) is 7.48. The Kier molecular flexibility index (Phi) is 5.66. The first kappa shape index (κ1) is 15.9. The molecule has 0 fully saturated rings. The lowest BCUT2D eigenvalue weighted by molar-refractivity contribution is -0.127. The molecule has 3 nitrogen and oxygen atoms in total. The van der Waals surface area contributed by atoms with E-state index in [-0.39, 0.29) is 5.91 Å². The number of amides is 1. The molecular formula is C18H27NO2. The minimum absolute atomic E-state index is 0.0339. The van der Waals surface area contributed by atoms with Crippen LogP contribution in [-0.2, 0) is 17.6 Å². The highest BCUT2D eigenvalue weighted by molar-refractivity contribution is 5.80. The quantitative estimate of drug-likeness (QED) is 0.870. The van der Waals surface area contributed by atoms with Crippen molar-refractivity contribution in [2.75, 3.05) is 6.54 Å². The summed E-state index contributed by atoms with van der Waals surface area (Å²) < 4.78 is 5.79. The molecule has 3 heteroatoms. The van der Waals surface area contributed by atoms with Crippen LogP contribution in [0.3, 0.4) is 0 Å². The molecule has 0 heterocycles. The number of rotatable bonds is 6. The lowest BCUT2D eigenvalue weighted by Gasteiger charge is -2.19. The summed E-state index contributed by atoms with van der Waals surface area (Å²) in [4.78, 5) is 12.0. The number of carbonyl (C=O) groups excluding carboxylic acids is 1. The SMILES string of the molecule is CC(C)CCNC(=O)C(C)Oc1ccc2c(c1)CCCC2. The van der Waals surface area contributed by atoms with E-state index < -0.39 is 6.10 Å². The number of aryl methyl sites for hydroxylation is 2. The highest BCUT2D eigenvalue weighted by Crippen LogP contribution is 2.25. The first-order chi connectivity index (χ1) is 10.1. The topological polar surface area (TPSA) is 38.3 Å². The molecule has 1 aromatic rings. The Hall–Kier alpha value is -1.51. The third-order valence-electron chi connectivity index (χ3n) is 4.02. The van der Waals surface area contributed by atoms with E-state index >= 15 is 0 Å². The fraction of sp³-hybridized carbons (Fsp3) is 0.611. The van der Waals surface area contributed by atoms with Crippen molar-refractivity contribution < 1.29 is 9.53 Å². The minimum atomic E-state index is -0.446. The lowest BCUT2D eigenvalue weighted by Crippen LogP contribution is -2.37. The van der Waals surface area contributed by atoms with Gasteiger partial charge >= 0.3 is 0 Å². The Balaban J connectivity index is 1.87. The molecule has 1 unspecified atom stereocenters. The van der Waals surface area contributed by atoms with Crippen molar-refractivity contribution in [3.63, 3.8) is 0 Å². The van der Waals surface area contributed by atoms with Crippen molar-refractivity contribution in [3.05, 3.63) is 29.3 Å². The van der Waals surface area contributed by atoms with Crippen LogP contribution in [0.1, 0.15) is 51.2 Å². The predicted octanol–water partition coefficient (Wildman–Crippen LogP) is 3.50. The van der Waals surface area contributed by atoms with Gasteiger partial charge in [0.15, 0.2) is 6.10 Å². The summed E-state index contributed by atoms with van der Waals surface area (Å²) in [5, 5.41) is 2.93. The van der Waals surface area contributed by atoms with Crippen molar-refractivity contribution in [1.82, 2.24) is 5.32 Å². The van der Waals surface area contributed by atoms with E-state index in [2.05, 4.69) is 31.3 Å². The smallest absolute Gasteiger partial charge is 0.260 e. The van der Waals surface area contributed by atoms with Gasteiger partial charge in [0.1, 0.15) is 5.75 Å². The van der Waals surface area contributed by atoms with Crippen LogP contribution < -0.4 is 10.1 Å². The summed E-state index contributed by atoms with van der Waals surface area (Å²) in [5.74, 6) is 1.37. The van der Waals surface area contributed by atoms with Gasteiger partial charge in [-0.1, -0.05) is 19.9 Å². The van der Waals surface area contributed by atoms with E-state index in [9.17, 15) is 4.79 Å². The van der Waals surface area contributed by atoms with Crippen molar-refractivity contribution in [2.45, 2.75) is 59.0 Å². The third-order valence-corrected chi connectivity index (χ3v) is 4.02. The molecule has 0 saturated carbocycles. The standard InChI is InChI=1S/C18H27NO2/c1-13(2)10-11-19-18(20)14(3)21-17-9-8-15-6-4-5-7-16(15)12-17/h8-9,12-14H,4-7,10-11H2,1-3H3,(H,19,20). The molecule has 2 rings (SSSR count). The van der Waals surface area contributed by atoms with Crippen LogP contribution in [-0.4, -0.2) is 18.6 Å². The monoisotopic (exact) mass is 289 g/mol. The number of hydrogen-bond donors (Lipinski definition) is 1. The van der Waals surface area contributed by atoms with E-state index in [1.54, 1.807) is 0 Å². The van der Waals surface area contributed by atoms with Gasteiger partial charge in [0.2, 0.25) is 0 Å². The van der Waals surface area contributed by atoms with Gasteiger partial charge in [-0.2, -0.15) is 0 Å². The van der Waals surface area contributed by atoms with Crippen LogP contribution in [0.15, 0.2) is 18.2 Å². The van der Waals surface area contributed by atoms with Crippen LogP contribution in [0, 0.1) is 5.92 Å². The minimum Gasteiger partial charge on any atom is -0.481 e. The van der Waals surface area contributed by atoms with Gasteiger partial charge in [0.25, 0.3) is 5.91 Å². The number of carbonyl (C=O) groups is 1. The van der Waals surface area contributed by atoms with E-state index in [1.165, 1.54) is 30.4 Å². The van der Waals surface area contributed by atoms with Crippen molar-refractivity contribution in [1.29, 1.82) is 0 Å². The van der Waals surface area contributed by atoms with Crippen LogP contribution in [0.4, 0.5) is 0 Å². The number of benzene rings is 1. The van der Waals surface area contributed by atoms with Crippen LogP contribution in [0.25, 0.3) is 0 Å². The molecule has 0 bridgehead atoms. The average Bonchev–Trinajstić information content (AvgIpc) is 2.46. The summed E-state index contributed by atoms with van der Waals surface area (Å²) >= 11 is 0. The maximum atomic E-state index is 12.0. The first-order valence-corrected chi connectivity index (χ1v) is 8.12. The molecule has 1 aromatic carbocycles. The molecule has 1 aliphatic carbocycles. The lowest BCUT2D eigenvalue weighted by atomic mass is 9.92. The second-order valence-electron chi connectivity index (χ2n) is 6.37. The fourth-order valence-electron chi connectivity index (χ4n) is 2.67. The third kappa shape index (κ3) is 4.76. The summed E-state index contributed by atoms with van der Waals surface area (Å²) in [6, 6.07) is 6.24. The zero-order valence-electron chi connectivity index (χ0n) is 13.4. The summed E-state index contributed by atoms with van der Waals surface area (Å²) in [5.41, 5.74) is 2.81. The molecule has 1 N–H and O–H groups in total. The van der Waals surface area contributed by atoms with Gasteiger partial charge in [-0.25, -0.2) is 0 Å². The Morgan fingerprint density at radius 3 is 2.62 bits per heavy atom. The fourth-order valence-corrected chi connectivity index (χ4v) is 2.67. The molecule has 0 aromatic heterocycles. The summed E-state index contributed by atoms with van der Waals surface area (Å²) in [6.45, 7) is 6.83. The van der Waals surface area contributed by atoms with Gasteiger partial charge in [-0.15, -0.1) is 0 Å². The second-order valence-corrected chi connectivity index (χ2v) is 6.37. The van der Waals surface area contributed by atoms with E-state index in [1.807, 2.05) is 13.0 Å². The number of nitrogens with one attached hydrogen (secondary N) is 1. The van der Waals surface area contributed by atoms with Crippen molar-refractivity contribution in [2.24, 2.45) is 5.92 Å². The summed E-state index contributed by atoms with van der Waals surface area (Å²) in [6.07, 6.45) is 5.38. The van der Waals surface area contributed by atoms with Gasteiger partial charge in [0, 0.05) is 6.54 Å². The Morgan fingerprint density at radius 2 is 1.90 bits per heavy atom. The van der Waals surface area contributed by atoms with Crippen molar-refractivity contribution >= 4 is 5.91 Å². The molecule has 0 saturated heterocycles. The molecule has 116 valence electrons. The van der Waals surface area contributed by atoms with Gasteiger partial charge in [-0.3, -0.25) is 4.79 Å². The van der Waals surface area contributed by atoms with Gasteiger partial charge < -0.3 is 10.1 Å². The highest BCUT2D eigenvalue weighted by Gasteiger charge is 2.16. The molecule has 0 aliphatic heterocycles. The first-order valence-electron chi connectivity index (χ1n) is 8.12. The normalized spacial score (nSPS) is 15.4. The predicted molar refractivity (Wildman–Crippen MR) is 85.6 cm³/mol. The molecule has 21 heavy (non-hydrogen) atoms. The maximum Gasteiger partial charge on any atom is 0.260 e. The zero-order valence-corrected chi connectivity index (χ0v) is 13.4. The average molecular weight is 289 g/mol. The van der Waals surface area contributed by atoms with Crippen molar-refractivity contribution in [3.8, 4) is 5.75 Å². The molecule has 0 radical (unpaired) electrons.